The van der Waals surface area contributed by atoms with Gasteiger partial charge in [0.1, 0.15) is 11.5 Å². The number of rotatable bonds is 4. The van der Waals surface area contributed by atoms with Crippen LogP contribution in [0.4, 0.5) is 4.39 Å². The maximum absolute atomic E-state index is 13.1. The number of carbonyl (C=O) groups excluding carboxylic acids is 1. The van der Waals surface area contributed by atoms with Gasteiger partial charge in [0.25, 0.3) is 0 Å². The molecule has 2 aromatic carbocycles. The lowest BCUT2D eigenvalue weighted by atomic mass is 10.0. The maximum Gasteiger partial charge on any atom is 0.355 e. The molecule has 1 heterocycles. The van der Waals surface area contributed by atoms with Crippen LogP contribution in [0.1, 0.15) is 17.4 Å². The molecule has 1 N–H and O–H groups in total. The molecule has 3 nitrogen and oxygen atoms in total. The van der Waals surface area contributed by atoms with E-state index in [-0.39, 0.29) is 12.4 Å². The summed E-state index contributed by atoms with van der Waals surface area (Å²) in [6.07, 6.45) is 0. The first-order valence-corrected chi connectivity index (χ1v) is 7.89. The SMILES string of the molecule is CCOC(=O)c1[nH]c(-c2ccc(F)cc2)cc1-c1ccccc1Cl. The number of H-pyrrole nitrogens is 1. The van der Waals surface area contributed by atoms with Crippen LogP contribution in [0, 0.1) is 5.82 Å². The first-order chi connectivity index (χ1) is 11.6. The third-order valence-corrected chi connectivity index (χ3v) is 3.95. The second-order valence-corrected chi connectivity index (χ2v) is 5.59. The van der Waals surface area contributed by atoms with Gasteiger partial charge in [-0.2, -0.15) is 0 Å². The minimum atomic E-state index is -0.458. The molecular weight excluding hydrogens is 329 g/mol. The Kier molecular flexibility index (Phi) is 4.67. The van der Waals surface area contributed by atoms with Crippen LogP contribution in [-0.4, -0.2) is 17.6 Å². The second-order valence-electron chi connectivity index (χ2n) is 5.18. The van der Waals surface area contributed by atoms with Gasteiger partial charge in [-0.1, -0.05) is 29.8 Å². The van der Waals surface area contributed by atoms with Crippen molar-refractivity contribution in [2.24, 2.45) is 0 Å². The van der Waals surface area contributed by atoms with Crippen molar-refractivity contribution in [1.29, 1.82) is 0 Å². The van der Waals surface area contributed by atoms with Crippen molar-refractivity contribution < 1.29 is 13.9 Å². The molecule has 0 bridgehead atoms. The first-order valence-electron chi connectivity index (χ1n) is 7.51. The molecule has 0 spiro atoms. The van der Waals surface area contributed by atoms with Gasteiger partial charge in [-0.3, -0.25) is 0 Å². The van der Waals surface area contributed by atoms with Gasteiger partial charge in [-0.15, -0.1) is 0 Å². The Morgan fingerprint density at radius 2 is 1.83 bits per heavy atom. The van der Waals surface area contributed by atoms with E-state index in [9.17, 15) is 9.18 Å². The van der Waals surface area contributed by atoms with Gasteiger partial charge in [-0.25, -0.2) is 9.18 Å². The summed E-state index contributed by atoms with van der Waals surface area (Å²) in [6, 6.07) is 15.1. The first kappa shape index (κ1) is 16.3. The monoisotopic (exact) mass is 343 g/mol. The molecule has 0 saturated carbocycles. The molecule has 0 saturated heterocycles. The molecule has 122 valence electrons. The fourth-order valence-electron chi connectivity index (χ4n) is 2.50. The van der Waals surface area contributed by atoms with Crippen molar-refractivity contribution in [2.45, 2.75) is 6.92 Å². The number of carbonyl (C=O) groups is 1. The summed E-state index contributed by atoms with van der Waals surface area (Å²) in [5.74, 6) is -0.775. The molecule has 5 heteroatoms. The number of esters is 1. The minimum absolute atomic E-state index is 0.270. The van der Waals surface area contributed by atoms with Crippen LogP contribution in [0.15, 0.2) is 54.6 Å². The smallest absolute Gasteiger partial charge is 0.355 e. The van der Waals surface area contributed by atoms with Crippen molar-refractivity contribution in [3.8, 4) is 22.4 Å². The van der Waals surface area contributed by atoms with Gasteiger partial charge in [0, 0.05) is 21.8 Å². The number of ether oxygens (including phenoxy) is 1. The van der Waals surface area contributed by atoms with E-state index in [0.29, 0.717) is 22.0 Å². The summed E-state index contributed by atoms with van der Waals surface area (Å²) >= 11 is 6.27. The van der Waals surface area contributed by atoms with Crippen molar-refractivity contribution in [1.82, 2.24) is 4.98 Å². The zero-order chi connectivity index (χ0) is 17.1. The molecule has 3 aromatic rings. The van der Waals surface area contributed by atoms with Crippen LogP contribution >= 0.6 is 11.6 Å². The molecule has 3 rings (SSSR count). The van der Waals surface area contributed by atoms with Gasteiger partial charge in [0.05, 0.1) is 6.61 Å². The molecule has 0 aliphatic rings. The second kappa shape index (κ2) is 6.89. The molecule has 0 fully saturated rings. The summed E-state index contributed by atoms with van der Waals surface area (Å²) in [5, 5.41) is 0.535. The summed E-state index contributed by atoms with van der Waals surface area (Å²) < 4.78 is 18.3. The van der Waals surface area contributed by atoms with Gasteiger partial charge < -0.3 is 9.72 Å². The normalized spacial score (nSPS) is 10.6. The van der Waals surface area contributed by atoms with Gasteiger partial charge in [0.2, 0.25) is 0 Å². The van der Waals surface area contributed by atoms with E-state index < -0.39 is 5.97 Å². The van der Waals surface area contributed by atoms with E-state index in [4.69, 9.17) is 16.3 Å². The number of halogens is 2. The lowest BCUT2D eigenvalue weighted by Crippen LogP contribution is -2.06. The molecule has 24 heavy (non-hydrogen) atoms. The lowest BCUT2D eigenvalue weighted by molar-refractivity contribution is 0.0521. The van der Waals surface area contributed by atoms with Crippen molar-refractivity contribution in [3.05, 3.63) is 71.1 Å². The fraction of sp³-hybridized carbons (Fsp3) is 0.105. The zero-order valence-electron chi connectivity index (χ0n) is 13.0. The largest absolute Gasteiger partial charge is 0.461 e. The van der Waals surface area contributed by atoms with E-state index in [1.807, 2.05) is 24.3 Å². The topological polar surface area (TPSA) is 42.1 Å². The van der Waals surface area contributed by atoms with Gasteiger partial charge in [-0.05, 0) is 48.9 Å². The Hall–Kier alpha value is -2.59. The lowest BCUT2D eigenvalue weighted by Gasteiger charge is -2.05. The van der Waals surface area contributed by atoms with Crippen LogP contribution in [0.3, 0.4) is 0 Å². The number of nitrogens with one attached hydrogen (secondary N) is 1. The van der Waals surface area contributed by atoms with E-state index in [0.717, 1.165) is 11.1 Å². The number of hydrogen-bond acceptors (Lipinski definition) is 2. The highest BCUT2D eigenvalue weighted by Gasteiger charge is 2.20. The number of aromatic amines is 1. The van der Waals surface area contributed by atoms with Crippen LogP contribution in [0.2, 0.25) is 5.02 Å². The third-order valence-electron chi connectivity index (χ3n) is 3.62. The minimum Gasteiger partial charge on any atom is -0.461 e. The Morgan fingerprint density at radius 1 is 1.12 bits per heavy atom. The van der Waals surface area contributed by atoms with Crippen LogP contribution in [0.5, 0.6) is 0 Å². The average molecular weight is 344 g/mol. The predicted molar refractivity (Wildman–Crippen MR) is 92.6 cm³/mol. The van der Waals surface area contributed by atoms with Crippen LogP contribution in [-0.2, 0) is 4.74 Å². The Balaban J connectivity index is 2.14. The quantitative estimate of drug-likeness (QED) is 0.651. The van der Waals surface area contributed by atoms with Gasteiger partial charge >= 0.3 is 5.97 Å². The maximum atomic E-state index is 13.1. The van der Waals surface area contributed by atoms with Gasteiger partial charge in [0.15, 0.2) is 0 Å². The molecule has 0 aliphatic heterocycles. The molecule has 0 radical (unpaired) electrons. The molecule has 0 atom stereocenters. The van der Waals surface area contributed by atoms with E-state index in [1.54, 1.807) is 25.1 Å². The van der Waals surface area contributed by atoms with Crippen LogP contribution in [0.25, 0.3) is 22.4 Å². The molecular formula is C19H15ClFNO2. The average Bonchev–Trinajstić information content (AvgIpc) is 3.01. The highest BCUT2D eigenvalue weighted by atomic mass is 35.5. The third kappa shape index (κ3) is 3.19. The number of hydrogen-bond donors (Lipinski definition) is 1. The van der Waals surface area contributed by atoms with E-state index in [1.165, 1.54) is 12.1 Å². The molecule has 0 amide bonds. The molecule has 0 aliphatic carbocycles. The highest BCUT2D eigenvalue weighted by Crippen LogP contribution is 2.34. The highest BCUT2D eigenvalue weighted by molar-refractivity contribution is 6.33. The summed E-state index contributed by atoms with van der Waals surface area (Å²) in [7, 11) is 0. The van der Waals surface area contributed by atoms with E-state index >= 15 is 0 Å². The van der Waals surface area contributed by atoms with Crippen molar-refractivity contribution in [2.75, 3.05) is 6.61 Å². The standard InChI is InChI=1S/C19H15ClFNO2/c1-2-24-19(23)18-15(14-5-3-4-6-16(14)20)11-17(22-18)12-7-9-13(21)10-8-12/h3-11,22H,2H2,1H3. The predicted octanol–water partition coefficient (Wildman–Crippen LogP) is 5.32. The molecule has 1 aromatic heterocycles. The zero-order valence-corrected chi connectivity index (χ0v) is 13.7. The fourth-order valence-corrected chi connectivity index (χ4v) is 2.73. The number of aromatic nitrogens is 1. The summed E-state index contributed by atoms with van der Waals surface area (Å²) in [4.78, 5) is 15.4. The Morgan fingerprint density at radius 3 is 2.50 bits per heavy atom. The summed E-state index contributed by atoms with van der Waals surface area (Å²) in [5.41, 5.74) is 3.16. The molecule has 0 unspecified atom stereocenters. The Labute approximate surface area is 144 Å². The van der Waals surface area contributed by atoms with Crippen molar-refractivity contribution in [3.63, 3.8) is 0 Å². The van der Waals surface area contributed by atoms with E-state index in [2.05, 4.69) is 4.98 Å². The van der Waals surface area contributed by atoms with Crippen molar-refractivity contribution >= 4 is 17.6 Å². The summed E-state index contributed by atoms with van der Waals surface area (Å²) in [6.45, 7) is 2.02. The Bertz CT molecular complexity index is 871. The van der Waals surface area contributed by atoms with Crippen LogP contribution < -0.4 is 0 Å². The number of benzene rings is 2.